The topological polar surface area (TPSA) is 51.4 Å². The van der Waals surface area contributed by atoms with E-state index < -0.39 is 0 Å². The van der Waals surface area contributed by atoms with Gasteiger partial charge >= 0.3 is 0 Å². The molecule has 1 saturated heterocycles. The Morgan fingerprint density at radius 1 is 1.33 bits per heavy atom. The normalized spacial score (nSPS) is 26.9. The van der Waals surface area contributed by atoms with Gasteiger partial charge in [0.15, 0.2) is 16.6 Å². The molecule has 0 spiro atoms. The third kappa shape index (κ3) is 2.05. The number of ether oxygens (including phenoxy) is 1. The van der Waals surface area contributed by atoms with Crippen LogP contribution in [0, 0.1) is 11.8 Å². The third-order valence-corrected chi connectivity index (χ3v) is 4.93. The summed E-state index contributed by atoms with van der Waals surface area (Å²) in [5.74, 6) is 3.09. The Morgan fingerprint density at radius 3 is 2.61 bits per heavy atom. The van der Waals surface area contributed by atoms with E-state index in [0.717, 1.165) is 35.7 Å². The van der Waals surface area contributed by atoms with Crippen molar-refractivity contribution in [1.29, 1.82) is 0 Å². The molecule has 2 N–H and O–H groups in total. The van der Waals surface area contributed by atoms with Gasteiger partial charge in [0, 0.05) is 13.1 Å². The van der Waals surface area contributed by atoms with Crippen LogP contribution < -0.4 is 15.4 Å². The molecule has 4 nitrogen and oxygen atoms in total. The third-order valence-electron chi connectivity index (χ3n) is 4.02. The largest absolute Gasteiger partial charge is 0.484 e. The van der Waals surface area contributed by atoms with Gasteiger partial charge < -0.3 is 15.4 Å². The van der Waals surface area contributed by atoms with E-state index in [2.05, 4.69) is 9.27 Å². The van der Waals surface area contributed by atoms with Crippen molar-refractivity contribution >= 4 is 22.4 Å². The Kier molecular flexibility index (Phi) is 3.09. The van der Waals surface area contributed by atoms with Gasteiger partial charge in [0.1, 0.15) is 0 Å². The average Bonchev–Trinajstić information content (AvgIpc) is 2.93. The molecule has 0 aromatic carbocycles. The summed E-state index contributed by atoms with van der Waals surface area (Å²) >= 11 is 1.48. The molecule has 2 aliphatic rings. The van der Waals surface area contributed by atoms with Crippen molar-refractivity contribution in [3.63, 3.8) is 0 Å². The lowest BCUT2D eigenvalue weighted by atomic mass is 10.0. The molecule has 1 saturated carbocycles. The molecule has 100 valence electrons. The van der Waals surface area contributed by atoms with E-state index in [9.17, 15) is 0 Å². The minimum absolute atomic E-state index is 0.143. The van der Waals surface area contributed by atoms with Crippen LogP contribution in [0.15, 0.2) is 0 Å². The van der Waals surface area contributed by atoms with Crippen LogP contribution in [-0.4, -0.2) is 23.6 Å². The lowest BCUT2D eigenvalue weighted by Gasteiger charge is -2.19. The van der Waals surface area contributed by atoms with Gasteiger partial charge in [-0.1, -0.05) is 6.42 Å². The quantitative estimate of drug-likeness (QED) is 0.915. The first-order chi connectivity index (χ1) is 8.65. The Hall–Kier alpha value is -0.970. The first kappa shape index (κ1) is 12.1. The molecule has 0 amide bonds. The first-order valence-corrected chi connectivity index (χ1v) is 7.59. The van der Waals surface area contributed by atoms with E-state index in [4.69, 9.17) is 10.5 Å². The summed E-state index contributed by atoms with van der Waals surface area (Å²) in [4.78, 5) is 2.43. The number of fused-ring (bicyclic) bond motifs is 1. The summed E-state index contributed by atoms with van der Waals surface area (Å²) in [7, 11) is 0. The molecule has 3 rings (SSSR count). The van der Waals surface area contributed by atoms with Crippen molar-refractivity contribution in [2.24, 2.45) is 11.8 Å². The number of anilines is 2. The number of nitrogen functional groups attached to an aromatic ring is 1. The average molecular weight is 267 g/mol. The molecule has 1 aliphatic heterocycles. The SMILES string of the molecule is CC(C)Oc1c(N)nsc1N1CC2CCCC2C1. The lowest BCUT2D eigenvalue weighted by molar-refractivity contribution is 0.245. The van der Waals surface area contributed by atoms with Crippen LogP contribution >= 0.6 is 11.5 Å². The summed E-state index contributed by atoms with van der Waals surface area (Å²) in [6.45, 7) is 6.36. The Morgan fingerprint density at radius 2 is 2.00 bits per heavy atom. The number of aromatic nitrogens is 1. The van der Waals surface area contributed by atoms with Crippen molar-refractivity contribution in [1.82, 2.24) is 4.37 Å². The van der Waals surface area contributed by atoms with Crippen molar-refractivity contribution < 1.29 is 4.74 Å². The smallest absolute Gasteiger partial charge is 0.198 e. The zero-order chi connectivity index (χ0) is 12.7. The summed E-state index contributed by atoms with van der Waals surface area (Å²) in [6.07, 6.45) is 4.32. The molecule has 18 heavy (non-hydrogen) atoms. The summed E-state index contributed by atoms with van der Waals surface area (Å²) in [6, 6.07) is 0. The highest BCUT2D eigenvalue weighted by molar-refractivity contribution is 7.11. The van der Waals surface area contributed by atoms with Crippen LogP contribution in [0.4, 0.5) is 10.8 Å². The highest BCUT2D eigenvalue weighted by Gasteiger charge is 2.38. The van der Waals surface area contributed by atoms with Crippen molar-refractivity contribution in [2.75, 3.05) is 23.7 Å². The van der Waals surface area contributed by atoms with Crippen molar-refractivity contribution in [2.45, 2.75) is 39.2 Å². The van der Waals surface area contributed by atoms with Crippen LogP contribution in [0.25, 0.3) is 0 Å². The molecule has 2 atom stereocenters. The van der Waals surface area contributed by atoms with Gasteiger partial charge in [-0.3, -0.25) is 0 Å². The molecule has 2 heterocycles. The fraction of sp³-hybridized carbons (Fsp3) is 0.769. The van der Waals surface area contributed by atoms with E-state index in [1.807, 2.05) is 13.8 Å². The summed E-state index contributed by atoms with van der Waals surface area (Å²) in [5, 5.41) is 1.13. The van der Waals surface area contributed by atoms with Gasteiger partial charge in [-0.05, 0) is 50.1 Å². The Bertz CT molecular complexity index is 420. The van der Waals surface area contributed by atoms with E-state index in [0.29, 0.717) is 5.82 Å². The second-order valence-electron chi connectivity index (χ2n) is 5.72. The molecular formula is C13H21N3OS. The van der Waals surface area contributed by atoms with Crippen LogP contribution in [0.2, 0.25) is 0 Å². The van der Waals surface area contributed by atoms with Crippen LogP contribution in [0.3, 0.4) is 0 Å². The molecule has 5 heteroatoms. The van der Waals surface area contributed by atoms with Gasteiger partial charge in [0.05, 0.1) is 6.10 Å². The maximum absolute atomic E-state index is 5.92. The maximum Gasteiger partial charge on any atom is 0.198 e. The molecular weight excluding hydrogens is 246 g/mol. The van der Waals surface area contributed by atoms with Gasteiger partial charge in [-0.15, -0.1) is 0 Å². The molecule has 0 radical (unpaired) electrons. The van der Waals surface area contributed by atoms with Gasteiger partial charge in [-0.25, -0.2) is 0 Å². The van der Waals surface area contributed by atoms with Crippen LogP contribution in [0.1, 0.15) is 33.1 Å². The predicted molar refractivity (Wildman–Crippen MR) is 75.3 cm³/mol. The van der Waals surface area contributed by atoms with Crippen molar-refractivity contribution in [3.8, 4) is 5.75 Å². The number of hydrogen-bond donors (Lipinski definition) is 1. The monoisotopic (exact) mass is 267 g/mol. The fourth-order valence-electron chi connectivity index (χ4n) is 3.23. The van der Waals surface area contributed by atoms with E-state index >= 15 is 0 Å². The number of rotatable bonds is 3. The van der Waals surface area contributed by atoms with Crippen molar-refractivity contribution in [3.05, 3.63) is 0 Å². The second-order valence-corrected chi connectivity index (χ2v) is 6.48. The molecule has 1 aromatic rings. The Labute approximate surface area is 112 Å². The van der Waals surface area contributed by atoms with Gasteiger partial charge in [-0.2, -0.15) is 4.37 Å². The van der Waals surface area contributed by atoms with E-state index in [1.54, 1.807) is 0 Å². The van der Waals surface area contributed by atoms with Gasteiger partial charge in [0.25, 0.3) is 0 Å². The maximum atomic E-state index is 5.92. The van der Waals surface area contributed by atoms with E-state index in [1.165, 1.54) is 30.8 Å². The van der Waals surface area contributed by atoms with Crippen LogP contribution in [0.5, 0.6) is 5.75 Å². The zero-order valence-electron chi connectivity index (χ0n) is 11.1. The molecule has 0 bridgehead atoms. The van der Waals surface area contributed by atoms with E-state index in [-0.39, 0.29) is 6.10 Å². The minimum atomic E-state index is 0.143. The second kappa shape index (κ2) is 4.61. The van der Waals surface area contributed by atoms with Gasteiger partial charge in [0.2, 0.25) is 0 Å². The summed E-state index contributed by atoms with van der Waals surface area (Å²) < 4.78 is 10.1. The molecule has 2 fully saturated rings. The highest BCUT2D eigenvalue weighted by Crippen LogP contribution is 2.45. The zero-order valence-corrected chi connectivity index (χ0v) is 11.9. The fourth-order valence-corrected chi connectivity index (χ4v) is 4.00. The molecule has 1 aliphatic carbocycles. The number of nitrogens with two attached hydrogens (primary N) is 1. The number of hydrogen-bond acceptors (Lipinski definition) is 5. The minimum Gasteiger partial charge on any atom is -0.484 e. The highest BCUT2D eigenvalue weighted by atomic mass is 32.1. The molecule has 1 aromatic heterocycles. The predicted octanol–water partition coefficient (Wildman–Crippen LogP) is 2.75. The molecule has 2 unspecified atom stereocenters. The first-order valence-electron chi connectivity index (χ1n) is 6.82. The standard InChI is InChI=1S/C13H21N3OS/c1-8(2)17-11-12(14)15-18-13(11)16-6-9-4-3-5-10(9)7-16/h8-10H,3-7H2,1-2H3,(H2,14,15). The lowest BCUT2D eigenvalue weighted by Crippen LogP contribution is -2.21. The van der Waals surface area contributed by atoms with Crippen LogP contribution in [-0.2, 0) is 0 Å². The summed E-state index contributed by atoms with van der Waals surface area (Å²) in [5.41, 5.74) is 5.92. The number of nitrogens with zero attached hydrogens (tertiary/aromatic N) is 2. The Balaban J connectivity index is 1.80.